The Bertz CT molecular complexity index is 1050. The summed E-state index contributed by atoms with van der Waals surface area (Å²) >= 11 is 1.50. The third-order valence-corrected chi connectivity index (χ3v) is 5.65. The molecule has 30 heavy (non-hydrogen) atoms. The van der Waals surface area contributed by atoms with Gasteiger partial charge in [-0.2, -0.15) is 0 Å². The zero-order valence-corrected chi connectivity index (χ0v) is 17.4. The van der Waals surface area contributed by atoms with Gasteiger partial charge >= 0.3 is 6.03 Å². The lowest BCUT2D eigenvalue weighted by atomic mass is 10.1. The van der Waals surface area contributed by atoms with Gasteiger partial charge in [-0.15, -0.1) is 11.8 Å². The number of nitro benzene ring substituents is 1. The number of nitrogens with zero attached hydrogens (tertiary/aromatic N) is 4. The molecule has 3 rings (SSSR count). The topological polar surface area (TPSA) is 129 Å². The van der Waals surface area contributed by atoms with Gasteiger partial charge in [0.2, 0.25) is 0 Å². The van der Waals surface area contributed by atoms with Crippen LogP contribution >= 0.6 is 11.8 Å². The Hall–Kier alpha value is -3.40. The highest BCUT2D eigenvalue weighted by Gasteiger charge is 2.28. The molecule has 2 amide bonds. The molecule has 2 aromatic heterocycles. The Labute approximate surface area is 177 Å². The average Bonchev–Trinajstić information content (AvgIpc) is 3.10. The second-order valence-corrected chi connectivity index (χ2v) is 8.79. The molecule has 2 heterocycles. The van der Waals surface area contributed by atoms with Gasteiger partial charge in [-0.25, -0.2) is 9.78 Å². The summed E-state index contributed by atoms with van der Waals surface area (Å²) in [6.45, 7) is 4.75. The largest absolute Gasteiger partial charge is 0.352 e. The third kappa shape index (κ3) is 5.15. The van der Waals surface area contributed by atoms with Crippen molar-refractivity contribution in [2.24, 2.45) is 5.73 Å². The van der Waals surface area contributed by atoms with Gasteiger partial charge in [-0.1, -0.05) is 12.1 Å². The van der Waals surface area contributed by atoms with Crippen molar-refractivity contribution >= 4 is 23.5 Å². The molecule has 0 saturated carbocycles. The quantitative estimate of drug-likeness (QED) is 0.322. The zero-order chi connectivity index (χ0) is 21.7. The summed E-state index contributed by atoms with van der Waals surface area (Å²) in [5, 5.41) is 13.7. The summed E-state index contributed by atoms with van der Waals surface area (Å²) in [4.78, 5) is 31.3. The first-order valence-electron chi connectivity index (χ1n) is 9.17. The van der Waals surface area contributed by atoms with E-state index in [4.69, 9.17) is 5.73 Å². The number of nitrogens with one attached hydrogen (secondary N) is 1. The van der Waals surface area contributed by atoms with Gasteiger partial charge in [0, 0.05) is 35.6 Å². The lowest BCUT2D eigenvalue weighted by Gasteiger charge is -2.26. The van der Waals surface area contributed by atoms with Crippen molar-refractivity contribution in [1.82, 2.24) is 19.9 Å². The fourth-order valence-electron chi connectivity index (χ4n) is 3.06. The van der Waals surface area contributed by atoms with E-state index in [0.717, 1.165) is 16.2 Å². The lowest BCUT2D eigenvalue weighted by Crippen LogP contribution is -2.30. The van der Waals surface area contributed by atoms with Crippen LogP contribution in [-0.4, -0.2) is 25.5 Å². The SMILES string of the molecule is CC(C)(Sc1cccc([N+](=O)[O-])c1)c1cnc(CNC(N)=O)n1Cc1cccnc1. The maximum Gasteiger partial charge on any atom is 0.312 e. The Kier molecular flexibility index (Phi) is 6.36. The van der Waals surface area contributed by atoms with Crippen LogP contribution in [0.3, 0.4) is 0 Å². The number of carbonyl (C=O) groups is 1. The fraction of sp³-hybridized carbons (Fsp3) is 0.250. The van der Waals surface area contributed by atoms with Crippen LogP contribution in [0.1, 0.15) is 30.9 Å². The minimum absolute atomic E-state index is 0.0472. The van der Waals surface area contributed by atoms with Crippen molar-refractivity contribution < 1.29 is 9.72 Å². The second-order valence-electron chi connectivity index (χ2n) is 7.09. The molecule has 0 aliphatic carbocycles. The van der Waals surface area contributed by atoms with E-state index < -0.39 is 15.7 Å². The molecule has 0 aliphatic heterocycles. The zero-order valence-electron chi connectivity index (χ0n) is 16.6. The van der Waals surface area contributed by atoms with Crippen LogP contribution in [0.15, 0.2) is 59.9 Å². The Morgan fingerprint density at radius 2 is 2.10 bits per heavy atom. The number of amides is 2. The number of primary amides is 1. The van der Waals surface area contributed by atoms with Crippen LogP contribution in [-0.2, 0) is 17.8 Å². The van der Waals surface area contributed by atoms with Gasteiger partial charge < -0.3 is 15.6 Å². The first-order chi connectivity index (χ1) is 14.3. The van der Waals surface area contributed by atoms with Gasteiger partial charge in [0.1, 0.15) is 5.82 Å². The second kappa shape index (κ2) is 8.95. The fourth-order valence-corrected chi connectivity index (χ4v) is 4.24. The molecule has 0 aliphatic rings. The summed E-state index contributed by atoms with van der Waals surface area (Å²) in [7, 11) is 0. The summed E-state index contributed by atoms with van der Waals surface area (Å²) in [5.41, 5.74) is 7.15. The Morgan fingerprint density at radius 1 is 1.30 bits per heavy atom. The number of imidazole rings is 1. The van der Waals surface area contributed by atoms with E-state index in [-0.39, 0.29) is 12.2 Å². The molecular weight excluding hydrogens is 404 g/mol. The van der Waals surface area contributed by atoms with Crippen molar-refractivity contribution in [3.8, 4) is 0 Å². The predicted octanol–water partition coefficient (Wildman–Crippen LogP) is 3.43. The van der Waals surface area contributed by atoms with Crippen LogP contribution in [0.4, 0.5) is 10.5 Å². The van der Waals surface area contributed by atoms with Crippen LogP contribution < -0.4 is 11.1 Å². The van der Waals surface area contributed by atoms with Crippen LogP contribution in [0.5, 0.6) is 0 Å². The molecule has 156 valence electrons. The molecule has 0 saturated heterocycles. The minimum atomic E-state index is -0.627. The molecule has 10 heteroatoms. The van der Waals surface area contributed by atoms with E-state index >= 15 is 0 Å². The smallest absolute Gasteiger partial charge is 0.312 e. The molecule has 1 aromatic carbocycles. The molecule has 0 radical (unpaired) electrons. The predicted molar refractivity (Wildman–Crippen MR) is 114 cm³/mol. The van der Waals surface area contributed by atoms with E-state index in [1.807, 2.05) is 36.6 Å². The van der Waals surface area contributed by atoms with E-state index in [2.05, 4.69) is 15.3 Å². The lowest BCUT2D eigenvalue weighted by molar-refractivity contribution is -0.385. The number of carbonyl (C=O) groups excluding carboxylic acids is 1. The number of non-ortho nitro benzene ring substituents is 1. The third-order valence-electron chi connectivity index (χ3n) is 4.44. The van der Waals surface area contributed by atoms with Gasteiger partial charge in [0.25, 0.3) is 5.69 Å². The van der Waals surface area contributed by atoms with Crippen molar-refractivity contribution in [2.75, 3.05) is 0 Å². The van der Waals surface area contributed by atoms with Gasteiger partial charge in [0.05, 0.1) is 28.5 Å². The number of hydrogen-bond acceptors (Lipinski definition) is 6. The highest BCUT2D eigenvalue weighted by Crippen LogP contribution is 2.42. The highest BCUT2D eigenvalue weighted by atomic mass is 32.2. The van der Waals surface area contributed by atoms with Crippen LogP contribution in [0.25, 0.3) is 0 Å². The highest BCUT2D eigenvalue weighted by molar-refractivity contribution is 8.00. The molecule has 0 spiro atoms. The standard InChI is InChI=1S/C20H22N6O3S/c1-20(2,30-16-7-3-6-15(9-16)26(28)29)17-11-23-18(12-24-19(21)27)25(17)13-14-5-4-8-22-10-14/h3-11H,12-13H2,1-2H3,(H3,21,24,27). The molecule has 9 nitrogen and oxygen atoms in total. The monoisotopic (exact) mass is 426 g/mol. The number of nitrogens with two attached hydrogens (primary N) is 1. The first-order valence-corrected chi connectivity index (χ1v) is 9.98. The molecule has 0 atom stereocenters. The number of aromatic nitrogens is 3. The average molecular weight is 427 g/mol. The van der Waals surface area contributed by atoms with Gasteiger partial charge in [0.15, 0.2) is 0 Å². The van der Waals surface area contributed by atoms with E-state index in [9.17, 15) is 14.9 Å². The van der Waals surface area contributed by atoms with E-state index in [0.29, 0.717) is 12.4 Å². The van der Waals surface area contributed by atoms with Crippen LogP contribution in [0.2, 0.25) is 0 Å². The van der Waals surface area contributed by atoms with E-state index in [1.54, 1.807) is 30.7 Å². The molecule has 0 bridgehead atoms. The van der Waals surface area contributed by atoms with Gasteiger partial charge in [-0.05, 0) is 31.5 Å². The number of pyridine rings is 1. The van der Waals surface area contributed by atoms with E-state index in [1.165, 1.54) is 17.8 Å². The number of urea groups is 1. The van der Waals surface area contributed by atoms with Crippen molar-refractivity contribution in [3.05, 3.63) is 82.2 Å². The number of hydrogen-bond donors (Lipinski definition) is 2. The molecule has 3 N–H and O–H groups in total. The molecule has 0 fully saturated rings. The molecule has 0 unspecified atom stereocenters. The van der Waals surface area contributed by atoms with Crippen molar-refractivity contribution in [1.29, 1.82) is 0 Å². The number of nitro groups is 1. The number of rotatable bonds is 8. The first kappa shape index (κ1) is 21.3. The molecular formula is C20H22N6O3S. The maximum absolute atomic E-state index is 11.2. The minimum Gasteiger partial charge on any atom is -0.352 e. The summed E-state index contributed by atoms with van der Waals surface area (Å²) in [6, 6.07) is 9.74. The maximum atomic E-state index is 11.2. The van der Waals surface area contributed by atoms with Gasteiger partial charge in [-0.3, -0.25) is 15.1 Å². The van der Waals surface area contributed by atoms with Crippen molar-refractivity contribution in [2.45, 2.75) is 36.6 Å². The summed E-state index contributed by atoms with van der Waals surface area (Å²) in [5.74, 6) is 0.653. The summed E-state index contributed by atoms with van der Waals surface area (Å²) in [6.07, 6.45) is 5.24. The Balaban J connectivity index is 1.95. The summed E-state index contributed by atoms with van der Waals surface area (Å²) < 4.78 is 1.55. The van der Waals surface area contributed by atoms with Crippen LogP contribution in [0, 0.1) is 10.1 Å². The Morgan fingerprint density at radius 3 is 2.77 bits per heavy atom. The number of thioether (sulfide) groups is 1. The normalized spacial score (nSPS) is 11.3. The van der Waals surface area contributed by atoms with Crippen molar-refractivity contribution in [3.63, 3.8) is 0 Å². The molecule has 3 aromatic rings. The number of benzene rings is 1.